The highest BCUT2D eigenvalue weighted by molar-refractivity contribution is 4.88. The van der Waals surface area contributed by atoms with Crippen molar-refractivity contribution in [2.75, 3.05) is 26.7 Å². The molecule has 2 rings (SSSR count). The molecule has 0 aromatic rings. The van der Waals surface area contributed by atoms with Crippen LogP contribution in [0.2, 0.25) is 0 Å². The van der Waals surface area contributed by atoms with Gasteiger partial charge in [0.1, 0.15) is 0 Å². The number of hydrogen-bond donors (Lipinski definition) is 1. The van der Waals surface area contributed by atoms with Gasteiger partial charge in [0.05, 0.1) is 0 Å². The van der Waals surface area contributed by atoms with Crippen molar-refractivity contribution >= 4 is 0 Å². The van der Waals surface area contributed by atoms with E-state index in [0.29, 0.717) is 0 Å². The minimum Gasteiger partial charge on any atom is -0.315 e. The quantitative estimate of drug-likeness (QED) is 0.705. The summed E-state index contributed by atoms with van der Waals surface area (Å²) in [7, 11) is 2.30. The van der Waals surface area contributed by atoms with Gasteiger partial charge in [-0.25, -0.2) is 0 Å². The first kappa shape index (κ1) is 9.47. The minimum absolute atomic E-state index is 0.811. The zero-order chi connectivity index (χ0) is 9.26. The van der Waals surface area contributed by atoms with Gasteiger partial charge in [0.15, 0.2) is 0 Å². The Hall–Kier alpha value is -0.0800. The molecule has 2 heteroatoms. The van der Waals surface area contributed by atoms with E-state index in [-0.39, 0.29) is 0 Å². The second-order valence-electron chi connectivity index (χ2n) is 4.78. The van der Waals surface area contributed by atoms with Gasteiger partial charge in [-0.2, -0.15) is 0 Å². The molecular weight excluding hydrogens is 160 g/mol. The van der Waals surface area contributed by atoms with E-state index in [0.717, 1.165) is 17.9 Å². The molecule has 1 saturated carbocycles. The predicted molar refractivity (Wildman–Crippen MR) is 55.8 cm³/mol. The Labute approximate surface area is 81.7 Å². The van der Waals surface area contributed by atoms with Crippen LogP contribution in [0.5, 0.6) is 0 Å². The van der Waals surface area contributed by atoms with E-state index in [4.69, 9.17) is 0 Å². The largest absolute Gasteiger partial charge is 0.315 e. The zero-order valence-electron chi connectivity index (χ0n) is 8.92. The Morgan fingerprint density at radius 3 is 2.69 bits per heavy atom. The number of hydrogen-bond acceptors (Lipinski definition) is 2. The van der Waals surface area contributed by atoms with Crippen molar-refractivity contribution in [1.82, 2.24) is 10.2 Å². The van der Waals surface area contributed by atoms with Crippen LogP contribution < -0.4 is 5.32 Å². The fraction of sp³-hybridized carbons (Fsp3) is 1.00. The Bertz CT molecular complexity index is 165. The third-order valence-electron chi connectivity index (χ3n) is 3.64. The van der Waals surface area contributed by atoms with Crippen molar-refractivity contribution < 1.29 is 0 Å². The van der Waals surface area contributed by atoms with Crippen molar-refractivity contribution in [3.8, 4) is 0 Å². The van der Waals surface area contributed by atoms with Crippen molar-refractivity contribution in [1.29, 1.82) is 0 Å². The van der Waals surface area contributed by atoms with Crippen LogP contribution >= 0.6 is 0 Å². The molecule has 0 aromatic heterocycles. The smallest absolute Gasteiger partial charge is 0.0257 e. The van der Waals surface area contributed by atoms with Crippen LogP contribution in [-0.2, 0) is 0 Å². The van der Waals surface area contributed by atoms with E-state index in [1.54, 1.807) is 0 Å². The average Bonchev–Trinajstić information content (AvgIpc) is 2.82. The van der Waals surface area contributed by atoms with Crippen molar-refractivity contribution in [2.45, 2.75) is 32.2 Å². The van der Waals surface area contributed by atoms with E-state index in [2.05, 4.69) is 24.2 Å². The van der Waals surface area contributed by atoms with Crippen LogP contribution in [0, 0.1) is 11.8 Å². The minimum atomic E-state index is 0.811. The molecule has 1 aliphatic carbocycles. The molecule has 1 heterocycles. The summed E-state index contributed by atoms with van der Waals surface area (Å²) in [5.41, 5.74) is 0. The molecule has 0 spiro atoms. The molecule has 0 radical (unpaired) electrons. The Kier molecular flexibility index (Phi) is 2.89. The summed E-state index contributed by atoms with van der Waals surface area (Å²) in [5.74, 6) is 1.92. The highest BCUT2D eigenvalue weighted by Gasteiger charge is 2.32. The summed E-state index contributed by atoms with van der Waals surface area (Å²) in [6.45, 7) is 6.09. The van der Waals surface area contributed by atoms with Crippen LogP contribution in [0.1, 0.15) is 26.2 Å². The summed E-state index contributed by atoms with van der Waals surface area (Å²) in [4.78, 5) is 2.59. The van der Waals surface area contributed by atoms with Crippen LogP contribution in [-0.4, -0.2) is 37.6 Å². The molecule has 2 fully saturated rings. The van der Waals surface area contributed by atoms with Gasteiger partial charge >= 0.3 is 0 Å². The molecular formula is C11H22N2. The summed E-state index contributed by atoms with van der Waals surface area (Å²) < 4.78 is 0. The maximum atomic E-state index is 3.51. The maximum Gasteiger partial charge on any atom is 0.0257 e. The van der Waals surface area contributed by atoms with Gasteiger partial charge in [-0.05, 0) is 38.3 Å². The number of likely N-dealkylation sites (N-methyl/N-ethyl adjacent to an activating group) is 1. The first-order chi connectivity index (χ1) is 6.31. The van der Waals surface area contributed by atoms with E-state index in [1.165, 1.54) is 38.9 Å². The summed E-state index contributed by atoms with van der Waals surface area (Å²) >= 11 is 0. The Morgan fingerprint density at radius 2 is 2.08 bits per heavy atom. The van der Waals surface area contributed by atoms with Crippen molar-refractivity contribution in [3.63, 3.8) is 0 Å². The van der Waals surface area contributed by atoms with Crippen LogP contribution in [0.25, 0.3) is 0 Å². The molecule has 76 valence electrons. The molecule has 0 amide bonds. The fourth-order valence-corrected chi connectivity index (χ4v) is 2.49. The Morgan fingerprint density at radius 1 is 1.31 bits per heavy atom. The zero-order valence-corrected chi connectivity index (χ0v) is 8.92. The molecule has 0 aromatic carbocycles. The summed E-state index contributed by atoms with van der Waals surface area (Å²) in [6, 6.07) is 0.811. The molecule has 13 heavy (non-hydrogen) atoms. The molecule has 2 aliphatic rings. The average molecular weight is 182 g/mol. The van der Waals surface area contributed by atoms with Gasteiger partial charge in [-0.3, -0.25) is 0 Å². The van der Waals surface area contributed by atoms with E-state index >= 15 is 0 Å². The van der Waals surface area contributed by atoms with Crippen molar-refractivity contribution in [2.24, 2.45) is 11.8 Å². The lowest BCUT2D eigenvalue weighted by atomic mass is 9.99. The van der Waals surface area contributed by atoms with E-state index in [9.17, 15) is 0 Å². The topological polar surface area (TPSA) is 15.3 Å². The molecule has 2 nitrogen and oxygen atoms in total. The molecule has 2 unspecified atom stereocenters. The van der Waals surface area contributed by atoms with E-state index < -0.39 is 0 Å². The third-order valence-corrected chi connectivity index (χ3v) is 3.64. The predicted octanol–water partition coefficient (Wildman–Crippen LogP) is 1.33. The first-order valence-electron chi connectivity index (χ1n) is 5.72. The number of rotatable bonds is 4. The third kappa shape index (κ3) is 2.23. The molecule has 0 bridgehead atoms. The standard InChI is InChI=1S/C11H22N2/c1-3-10-6-12-7-11(10)13(2)8-9-4-5-9/h9-12H,3-8H2,1-2H3. The first-order valence-corrected chi connectivity index (χ1v) is 5.72. The lowest BCUT2D eigenvalue weighted by Crippen LogP contribution is -2.38. The van der Waals surface area contributed by atoms with Crippen LogP contribution in [0.3, 0.4) is 0 Å². The second-order valence-corrected chi connectivity index (χ2v) is 4.78. The number of nitrogens with one attached hydrogen (secondary N) is 1. The normalized spacial score (nSPS) is 34.4. The Balaban J connectivity index is 1.82. The van der Waals surface area contributed by atoms with Gasteiger partial charge in [0.25, 0.3) is 0 Å². The van der Waals surface area contributed by atoms with Gasteiger partial charge in [0, 0.05) is 19.1 Å². The lowest BCUT2D eigenvalue weighted by Gasteiger charge is -2.28. The van der Waals surface area contributed by atoms with Gasteiger partial charge < -0.3 is 10.2 Å². The van der Waals surface area contributed by atoms with Crippen LogP contribution in [0.4, 0.5) is 0 Å². The van der Waals surface area contributed by atoms with Gasteiger partial charge in [0.2, 0.25) is 0 Å². The highest BCUT2D eigenvalue weighted by atomic mass is 15.2. The monoisotopic (exact) mass is 182 g/mol. The van der Waals surface area contributed by atoms with Gasteiger partial charge in [-0.15, -0.1) is 0 Å². The van der Waals surface area contributed by atoms with Crippen molar-refractivity contribution in [3.05, 3.63) is 0 Å². The molecule has 2 atom stereocenters. The summed E-state index contributed by atoms with van der Waals surface area (Å²) in [6.07, 6.45) is 4.27. The number of nitrogens with zero attached hydrogens (tertiary/aromatic N) is 1. The molecule has 1 aliphatic heterocycles. The maximum absolute atomic E-state index is 3.51. The van der Waals surface area contributed by atoms with Crippen LogP contribution in [0.15, 0.2) is 0 Å². The molecule has 1 N–H and O–H groups in total. The highest BCUT2D eigenvalue weighted by Crippen LogP contribution is 2.31. The fourth-order valence-electron chi connectivity index (χ4n) is 2.49. The summed E-state index contributed by atoms with van der Waals surface area (Å²) in [5, 5.41) is 3.51. The second kappa shape index (κ2) is 3.97. The SMILES string of the molecule is CCC1CNCC1N(C)CC1CC1. The molecule has 1 saturated heterocycles. The van der Waals surface area contributed by atoms with E-state index in [1.807, 2.05) is 0 Å². The lowest BCUT2D eigenvalue weighted by molar-refractivity contribution is 0.201. The van der Waals surface area contributed by atoms with Gasteiger partial charge in [-0.1, -0.05) is 13.3 Å².